The molecule has 3 nitrogen and oxygen atoms in total. The number of carbonyl (C=O) groups excluding carboxylic acids is 1. The number of ketones is 1. The van der Waals surface area contributed by atoms with Gasteiger partial charge in [-0.05, 0) is 40.2 Å². The molecule has 0 saturated carbocycles. The van der Waals surface area contributed by atoms with Gasteiger partial charge in [-0.2, -0.15) is 0 Å². The third kappa shape index (κ3) is 2.51. The minimum absolute atomic E-state index is 0.0780. The van der Waals surface area contributed by atoms with Gasteiger partial charge in [0.05, 0.1) is 21.8 Å². The number of nitrogens with one attached hydrogen (secondary N) is 1. The predicted octanol–water partition coefficient (Wildman–Crippen LogP) is 4.28. The summed E-state index contributed by atoms with van der Waals surface area (Å²) < 4.78 is 20.1. The van der Waals surface area contributed by atoms with Gasteiger partial charge >= 0.3 is 0 Å². The number of rotatable bonds is 2. The number of anilines is 1. The van der Waals surface area contributed by atoms with E-state index in [0.717, 1.165) is 5.69 Å². The lowest BCUT2D eigenvalue weighted by atomic mass is 10.0. The molecule has 0 fully saturated rings. The Morgan fingerprint density at radius 3 is 2.90 bits per heavy atom. The molecule has 21 heavy (non-hydrogen) atoms. The summed E-state index contributed by atoms with van der Waals surface area (Å²) in [6, 6.07) is 8.11. The molecule has 0 bridgehead atoms. The average Bonchev–Trinajstić information content (AvgIpc) is 2.51. The van der Waals surface area contributed by atoms with Gasteiger partial charge in [-0.25, -0.2) is 4.39 Å². The zero-order valence-corrected chi connectivity index (χ0v) is 13.1. The molecule has 3 rings (SSSR count). The van der Waals surface area contributed by atoms with Gasteiger partial charge in [-0.1, -0.05) is 17.7 Å². The van der Waals surface area contributed by atoms with Gasteiger partial charge in [0.2, 0.25) is 0 Å². The van der Waals surface area contributed by atoms with Crippen molar-refractivity contribution in [1.82, 2.24) is 0 Å². The number of carbonyl (C=O) groups is 1. The van der Waals surface area contributed by atoms with Crippen LogP contribution < -0.4 is 10.1 Å². The smallest absolute Gasteiger partial charge is 0.199 e. The Morgan fingerprint density at radius 2 is 2.10 bits per heavy atom. The van der Waals surface area contributed by atoms with Crippen LogP contribution >= 0.6 is 27.5 Å². The molecule has 0 amide bonds. The lowest BCUT2D eigenvalue weighted by molar-refractivity contribution is 0.103. The summed E-state index contributed by atoms with van der Waals surface area (Å²) >= 11 is 8.97. The third-order valence-electron chi connectivity index (χ3n) is 3.20. The number of hydrogen-bond donors (Lipinski definition) is 1. The van der Waals surface area contributed by atoms with E-state index in [1.54, 1.807) is 18.2 Å². The molecule has 2 aromatic carbocycles. The van der Waals surface area contributed by atoms with Crippen molar-refractivity contribution in [2.45, 2.75) is 0 Å². The van der Waals surface area contributed by atoms with Gasteiger partial charge in [0.15, 0.2) is 17.3 Å². The average molecular weight is 371 g/mol. The summed E-state index contributed by atoms with van der Waals surface area (Å²) in [5.74, 6) is -0.743. The fraction of sp³-hybridized carbons (Fsp3) is 0.133. The van der Waals surface area contributed by atoms with Crippen LogP contribution in [0.15, 0.2) is 34.8 Å². The van der Waals surface area contributed by atoms with E-state index in [1.807, 2.05) is 6.07 Å². The molecule has 0 spiro atoms. The van der Waals surface area contributed by atoms with Gasteiger partial charge < -0.3 is 10.1 Å². The Bertz CT molecular complexity index is 736. The van der Waals surface area contributed by atoms with Gasteiger partial charge in [0.1, 0.15) is 6.61 Å². The van der Waals surface area contributed by atoms with E-state index in [9.17, 15) is 9.18 Å². The number of fused-ring (bicyclic) bond motifs is 1. The Labute approximate surface area is 134 Å². The van der Waals surface area contributed by atoms with E-state index in [2.05, 4.69) is 21.2 Å². The number of para-hydroxylation sites is 1. The van der Waals surface area contributed by atoms with Gasteiger partial charge in [0, 0.05) is 11.0 Å². The molecule has 108 valence electrons. The largest absolute Gasteiger partial charge is 0.489 e. The summed E-state index contributed by atoms with van der Waals surface area (Å²) in [6.07, 6.45) is 0. The summed E-state index contributed by atoms with van der Waals surface area (Å²) in [6.45, 7) is 1.13. The molecule has 0 unspecified atom stereocenters. The monoisotopic (exact) mass is 369 g/mol. The van der Waals surface area contributed by atoms with E-state index in [-0.39, 0.29) is 10.6 Å². The highest BCUT2D eigenvalue weighted by atomic mass is 79.9. The summed E-state index contributed by atoms with van der Waals surface area (Å²) in [4.78, 5) is 12.6. The SMILES string of the molecule is O=C(c1ccc(Br)c(Cl)c1F)c1cccc2c1OCCN2. The second-order valence-corrected chi connectivity index (χ2v) is 5.74. The summed E-state index contributed by atoms with van der Waals surface area (Å²) in [7, 11) is 0. The van der Waals surface area contributed by atoms with E-state index >= 15 is 0 Å². The Morgan fingerprint density at radius 1 is 1.29 bits per heavy atom. The lowest BCUT2D eigenvalue weighted by Crippen LogP contribution is -2.20. The van der Waals surface area contributed by atoms with Crippen molar-refractivity contribution in [3.05, 3.63) is 56.8 Å². The molecular weight excluding hydrogens is 361 g/mol. The van der Waals surface area contributed by atoms with Crippen LogP contribution in [0.5, 0.6) is 5.75 Å². The first-order valence-electron chi connectivity index (χ1n) is 6.27. The lowest BCUT2D eigenvalue weighted by Gasteiger charge is -2.21. The molecule has 1 heterocycles. The maximum atomic E-state index is 14.2. The molecule has 1 aliphatic heterocycles. The second kappa shape index (κ2) is 5.66. The molecular formula is C15H10BrClFNO2. The number of ether oxygens (including phenoxy) is 1. The fourth-order valence-corrected chi connectivity index (χ4v) is 2.67. The molecule has 0 radical (unpaired) electrons. The molecule has 1 aliphatic rings. The van der Waals surface area contributed by atoms with Gasteiger partial charge in [-0.15, -0.1) is 0 Å². The number of benzene rings is 2. The highest BCUT2D eigenvalue weighted by molar-refractivity contribution is 9.10. The van der Waals surface area contributed by atoms with Crippen molar-refractivity contribution in [2.24, 2.45) is 0 Å². The minimum atomic E-state index is -0.739. The Hall–Kier alpha value is -1.59. The molecule has 0 aliphatic carbocycles. The van der Waals surface area contributed by atoms with Crippen molar-refractivity contribution < 1.29 is 13.9 Å². The van der Waals surface area contributed by atoms with Crippen LogP contribution in [0.4, 0.5) is 10.1 Å². The van der Waals surface area contributed by atoms with Gasteiger partial charge in [-0.3, -0.25) is 4.79 Å². The van der Waals surface area contributed by atoms with Crippen LogP contribution in [-0.4, -0.2) is 18.9 Å². The van der Waals surface area contributed by atoms with Crippen molar-refractivity contribution in [3.8, 4) is 5.75 Å². The first kappa shape index (κ1) is 14.4. The van der Waals surface area contributed by atoms with Crippen molar-refractivity contribution in [1.29, 1.82) is 0 Å². The highest BCUT2D eigenvalue weighted by Crippen LogP contribution is 2.34. The van der Waals surface area contributed by atoms with Crippen molar-refractivity contribution in [2.75, 3.05) is 18.5 Å². The number of halogens is 3. The molecule has 1 N–H and O–H groups in total. The number of hydrogen-bond acceptors (Lipinski definition) is 3. The Balaban J connectivity index is 2.10. The normalized spacial score (nSPS) is 13.1. The first-order chi connectivity index (χ1) is 10.1. The van der Waals surface area contributed by atoms with Crippen LogP contribution in [0.1, 0.15) is 15.9 Å². The zero-order chi connectivity index (χ0) is 15.0. The van der Waals surface area contributed by atoms with E-state index < -0.39 is 11.6 Å². The van der Waals surface area contributed by atoms with Crippen molar-refractivity contribution in [3.63, 3.8) is 0 Å². The van der Waals surface area contributed by atoms with Gasteiger partial charge in [0.25, 0.3) is 0 Å². The Kier molecular flexibility index (Phi) is 3.87. The van der Waals surface area contributed by atoms with Crippen LogP contribution in [0, 0.1) is 5.82 Å². The summed E-state index contributed by atoms with van der Waals surface area (Å²) in [5, 5.41) is 3.03. The molecule has 6 heteroatoms. The maximum Gasteiger partial charge on any atom is 0.199 e. The zero-order valence-electron chi connectivity index (χ0n) is 10.8. The van der Waals surface area contributed by atoms with Crippen LogP contribution in [0.3, 0.4) is 0 Å². The topological polar surface area (TPSA) is 38.3 Å². The third-order valence-corrected chi connectivity index (χ3v) is 4.46. The first-order valence-corrected chi connectivity index (χ1v) is 7.44. The molecule has 0 saturated heterocycles. The molecule has 0 aromatic heterocycles. The minimum Gasteiger partial charge on any atom is -0.489 e. The van der Waals surface area contributed by atoms with E-state index in [1.165, 1.54) is 6.07 Å². The fourth-order valence-electron chi connectivity index (χ4n) is 2.20. The van der Waals surface area contributed by atoms with Crippen LogP contribution in [-0.2, 0) is 0 Å². The molecule has 2 aromatic rings. The summed E-state index contributed by atoms with van der Waals surface area (Å²) in [5.41, 5.74) is 0.971. The maximum absolute atomic E-state index is 14.2. The van der Waals surface area contributed by atoms with Crippen molar-refractivity contribution >= 4 is 39.0 Å². The van der Waals surface area contributed by atoms with E-state index in [0.29, 0.717) is 28.9 Å². The van der Waals surface area contributed by atoms with Crippen LogP contribution in [0.2, 0.25) is 5.02 Å². The van der Waals surface area contributed by atoms with Crippen LogP contribution in [0.25, 0.3) is 0 Å². The quantitative estimate of drug-likeness (QED) is 0.633. The highest BCUT2D eigenvalue weighted by Gasteiger charge is 2.23. The standard InChI is InChI=1S/C15H10BrClFNO2/c16-10-5-4-8(13(18)12(10)17)14(20)9-2-1-3-11-15(9)21-7-6-19-11/h1-5,19H,6-7H2. The molecule has 0 atom stereocenters. The van der Waals surface area contributed by atoms with E-state index in [4.69, 9.17) is 16.3 Å². The second-order valence-electron chi connectivity index (χ2n) is 4.51. The predicted molar refractivity (Wildman–Crippen MR) is 83.0 cm³/mol.